The standard InChI is InChI=1S/C14H17ClN4O/c1-8-9(2)19(7-17-8)10(3)14(20)18-13-5-4-11(16)6-12(13)15/h4-7,10H,16H2,1-3H3,(H,18,20). The lowest BCUT2D eigenvalue weighted by Gasteiger charge is -2.16. The maximum absolute atomic E-state index is 12.3. The van der Waals surface area contributed by atoms with E-state index in [9.17, 15) is 4.79 Å². The van der Waals surface area contributed by atoms with E-state index >= 15 is 0 Å². The maximum atomic E-state index is 12.3. The summed E-state index contributed by atoms with van der Waals surface area (Å²) < 4.78 is 1.83. The Bertz CT molecular complexity index is 651. The van der Waals surface area contributed by atoms with E-state index in [0.29, 0.717) is 16.4 Å². The average molecular weight is 293 g/mol. The number of carbonyl (C=O) groups excluding carboxylic acids is 1. The van der Waals surface area contributed by atoms with Gasteiger partial charge in [0.2, 0.25) is 5.91 Å². The van der Waals surface area contributed by atoms with E-state index in [4.69, 9.17) is 17.3 Å². The Labute approximate surface area is 122 Å². The molecule has 0 fully saturated rings. The quantitative estimate of drug-likeness (QED) is 0.854. The first kappa shape index (κ1) is 14.4. The number of nitrogens with one attached hydrogen (secondary N) is 1. The summed E-state index contributed by atoms with van der Waals surface area (Å²) in [4.78, 5) is 16.5. The van der Waals surface area contributed by atoms with Crippen molar-refractivity contribution in [2.75, 3.05) is 11.1 Å². The number of nitrogens with two attached hydrogens (primary N) is 1. The monoisotopic (exact) mass is 292 g/mol. The molecule has 0 aliphatic heterocycles. The molecule has 0 radical (unpaired) electrons. The largest absolute Gasteiger partial charge is 0.399 e. The topological polar surface area (TPSA) is 72.9 Å². The first-order valence-corrected chi connectivity index (χ1v) is 6.64. The number of nitrogens with zero attached hydrogens (tertiary/aromatic N) is 2. The number of hydrogen-bond acceptors (Lipinski definition) is 3. The summed E-state index contributed by atoms with van der Waals surface area (Å²) in [6, 6.07) is 4.62. The van der Waals surface area contributed by atoms with Crippen LogP contribution in [0.3, 0.4) is 0 Å². The van der Waals surface area contributed by atoms with Gasteiger partial charge in [-0.3, -0.25) is 4.79 Å². The van der Waals surface area contributed by atoms with Crippen LogP contribution in [0, 0.1) is 13.8 Å². The Morgan fingerprint density at radius 1 is 1.45 bits per heavy atom. The van der Waals surface area contributed by atoms with Crippen molar-refractivity contribution in [2.24, 2.45) is 0 Å². The number of benzene rings is 1. The molecule has 1 amide bonds. The molecule has 2 aromatic rings. The second kappa shape index (κ2) is 5.54. The van der Waals surface area contributed by atoms with Gasteiger partial charge in [-0.15, -0.1) is 0 Å². The molecule has 0 saturated carbocycles. The van der Waals surface area contributed by atoms with Gasteiger partial charge >= 0.3 is 0 Å². The van der Waals surface area contributed by atoms with Gasteiger partial charge in [0.15, 0.2) is 0 Å². The molecule has 0 saturated heterocycles. The highest BCUT2D eigenvalue weighted by molar-refractivity contribution is 6.34. The van der Waals surface area contributed by atoms with Crippen molar-refractivity contribution < 1.29 is 4.79 Å². The fraction of sp³-hybridized carbons (Fsp3) is 0.286. The average Bonchev–Trinajstić information content (AvgIpc) is 2.72. The number of carbonyl (C=O) groups is 1. The lowest BCUT2D eigenvalue weighted by molar-refractivity contribution is -0.118. The maximum Gasteiger partial charge on any atom is 0.247 e. The third kappa shape index (κ3) is 2.77. The molecule has 1 aromatic heterocycles. The first-order chi connectivity index (χ1) is 9.40. The minimum absolute atomic E-state index is 0.155. The van der Waals surface area contributed by atoms with Crippen molar-refractivity contribution in [3.05, 3.63) is 40.9 Å². The van der Waals surface area contributed by atoms with Crippen LogP contribution in [0.1, 0.15) is 24.4 Å². The van der Waals surface area contributed by atoms with E-state index in [-0.39, 0.29) is 11.9 Å². The Kier molecular flexibility index (Phi) is 3.99. The third-order valence-corrected chi connectivity index (χ3v) is 3.65. The molecule has 2 rings (SSSR count). The van der Waals surface area contributed by atoms with Gasteiger partial charge < -0.3 is 15.6 Å². The summed E-state index contributed by atoms with van der Waals surface area (Å²) in [5.74, 6) is -0.155. The van der Waals surface area contributed by atoms with Crippen LogP contribution in [0.4, 0.5) is 11.4 Å². The lowest BCUT2D eigenvalue weighted by atomic mass is 10.2. The Hall–Kier alpha value is -2.01. The van der Waals surface area contributed by atoms with Crippen molar-refractivity contribution >= 4 is 28.9 Å². The summed E-state index contributed by atoms with van der Waals surface area (Å²) in [7, 11) is 0. The second-order valence-corrected chi connectivity index (χ2v) is 5.13. The Morgan fingerprint density at radius 2 is 2.15 bits per heavy atom. The molecule has 0 bridgehead atoms. The molecule has 0 aliphatic carbocycles. The molecule has 106 valence electrons. The number of halogens is 1. The Morgan fingerprint density at radius 3 is 2.70 bits per heavy atom. The SMILES string of the molecule is Cc1ncn(C(C)C(=O)Nc2ccc(N)cc2Cl)c1C. The summed E-state index contributed by atoms with van der Waals surface area (Å²) in [5, 5.41) is 3.22. The van der Waals surface area contributed by atoms with Gasteiger partial charge in [-0.1, -0.05) is 11.6 Å². The van der Waals surface area contributed by atoms with Crippen LogP contribution in [-0.4, -0.2) is 15.5 Å². The molecular weight excluding hydrogens is 276 g/mol. The van der Waals surface area contributed by atoms with Gasteiger partial charge in [0.1, 0.15) is 6.04 Å². The highest BCUT2D eigenvalue weighted by Gasteiger charge is 2.18. The number of anilines is 2. The molecule has 1 aromatic carbocycles. The van der Waals surface area contributed by atoms with Crippen LogP contribution in [-0.2, 0) is 4.79 Å². The van der Waals surface area contributed by atoms with Crippen molar-refractivity contribution in [1.29, 1.82) is 0 Å². The number of rotatable bonds is 3. The fourth-order valence-electron chi connectivity index (χ4n) is 1.90. The molecule has 5 nitrogen and oxygen atoms in total. The summed E-state index contributed by atoms with van der Waals surface area (Å²) in [6.07, 6.45) is 1.67. The van der Waals surface area contributed by atoms with Crippen LogP contribution in [0.15, 0.2) is 24.5 Å². The minimum Gasteiger partial charge on any atom is -0.399 e. The molecule has 1 atom stereocenters. The zero-order valence-corrected chi connectivity index (χ0v) is 12.4. The van der Waals surface area contributed by atoms with Crippen LogP contribution in [0.2, 0.25) is 5.02 Å². The van der Waals surface area contributed by atoms with Crippen molar-refractivity contribution in [1.82, 2.24) is 9.55 Å². The molecular formula is C14H17ClN4O. The minimum atomic E-state index is -0.371. The highest BCUT2D eigenvalue weighted by atomic mass is 35.5. The summed E-state index contributed by atoms with van der Waals surface area (Å²) in [6.45, 7) is 5.66. The Balaban J connectivity index is 2.17. The smallest absolute Gasteiger partial charge is 0.247 e. The lowest BCUT2D eigenvalue weighted by Crippen LogP contribution is -2.24. The molecule has 0 spiro atoms. The fourth-order valence-corrected chi connectivity index (χ4v) is 2.14. The van der Waals surface area contributed by atoms with Crippen LogP contribution >= 0.6 is 11.6 Å². The number of amides is 1. The number of hydrogen-bond donors (Lipinski definition) is 2. The number of imidazole rings is 1. The van der Waals surface area contributed by atoms with Crippen LogP contribution in [0.5, 0.6) is 0 Å². The van der Waals surface area contributed by atoms with Gasteiger partial charge in [0.25, 0.3) is 0 Å². The third-order valence-electron chi connectivity index (χ3n) is 3.33. The molecule has 6 heteroatoms. The van der Waals surface area contributed by atoms with Gasteiger partial charge in [-0.05, 0) is 39.0 Å². The van der Waals surface area contributed by atoms with Crippen LogP contribution in [0.25, 0.3) is 0 Å². The van der Waals surface area contributed by atoms with E-state index in [1.54, 1.807) is 24.5 Å². The number of nitrogen functional groups attached to an aromatic ring is 1. The summed E-state index contributed by atoms with van der Waals surface area (Å²) in [5.41, 5.74) is 8.61. The molecule has 3 N–H and O–H groups in total. The van der Waals surface area contributed by atoms with E-state index in [0.717, 1.165) is 11.4 Å². The van der Waals surface area contributed by atoms with Gasteiger partial charge in [0, 0.05) is 11.4 Å². The number of aromatic nitrogens is 2. The number of aryl methyl sites for hydroxylation is 1. The van der Waals surface area contributed by atoms with Crippen molar-refractivity contribution in [3.8, 4) is 0 Å². The van der Waals surface area contributed by atoms with Gasteiger partial charge in [-0.25, -0.2) is 4.98 Å². The molecule has 0 aliphatic rings. The van der Waals surface area contributed by atoms with Crippen LogP contribution < -0.4 is 11.1 Å². The summed E-state index contributed by atoms with van der Waals surface area (Å²) >= 11 is 6.05. The van der Waals surface area contributed by atoms with Crippen molar-refractivity contribution in [2.45, 2.75) is 26.8 Å². The molecule has 20 heavy (non-hydrogen) atoms. The van der Waals surface area contributed by atoms with Crippen molar-refractivity contribution in [3.63, 3.8) is 0 Å². The highest BCUT2D eigenvalue weighted by Crippen LogP contribution is 2.25. The van der Waals surface area contributed by atoms with E-state index in [2.05, 4.69) is 10.3 Å². The van der Waals surface area contributed by atoms with Gasteiger partial charge in [-0.2, -0.15) is 0 Å². The zero-order chi connectivity index (χ0) is 14.9. The van der Waals surface area contributed by atoms with Gasteiger partial charge in [0.05, 0.1) is 22.7 Å². The predicted molar refractivity (Wildman–Crippen MR) is 80.9 cm³/mol. The van der Waals surface area contributed by atoms with E-state index in [1.807, 2.05) is 25.3 Å². The zero-order valence-electron chi connectivity index (χ0n) is 11.6. The van der Waals surface area contributed by atoms with E-state index < -0.39 is 0 Å². The second-order valence-electron chi connectivity index (χ2n) is 4.73. The normalized spacial score (nSPS) is 12.2. The van der Waals surface area contributed by atoms with E-state index in [1.165, 1.54) is 0 Å². The molecule has 1 unspecified atom stereocenters. The predicted octanol–water partition coefficient (Wildman–Crippen LogP) is 2.94. The first-order valence-electron chi connectivity index (χ1n) is 6.26. The molecule has 1 heterocycles.